The molecule has 0 spiro atoms. The zero-order chi connectivity index (χ0) is 18.0. The Labute approximate surface area is 146 Å². The van der Waals surface area contributed by atoms with Crippen LogP contribution in [0.4, 0.5) is 0 Å². The summed E-state index contributed by atoms with van der Waals surface area (Å²) in [6.07, 6.45) is 1.78. The highest BCUT2D eigenvalue weighted by Gasteiger charge is 2.24. The van der Waals surface area contributed by atoms with E-state index in [1.54, 1.807) is 13.1 Å². The number of imidazole rings is 1. The van der Waals surface area contributed by atoms with Crippen LogP contribution in [0.25, 0.3) is 11.3 Å². The lowest BCUT2D eigenvalue weighted by atomic mass is 10.0. The fourth-order valence-electron chi connectivity index (χ4n) is 2.72. The summed E-state index contributed by atoms with van der Waals surface area (Å²) in [5.41, 5.74) is 3.08. The van der Waals surface area contributed by atoms with Gasteiger partial charge in [0.05, 0.1) is 23.6 Å². The van der Waals surface area contributed by atoms with Crippen molar-refractivity contribution in [2.24, 2.45) is 0 Å². The van der Waals surface area contributed by atoms with Crippen molar-refractivity contribution in [3.8, 4) is 11.3 Å². The van der Waals surface area contributed by atoms with E-state index in [4.69, 9.17) is 4.52 Å². The lowest BCUT2D eigenvalue weighted by molar-refractivity contribution is 0.0935. The maximum Gasteiger partial charge on any atom is 0.257 e. The molecule has 3 rings (SSSR count). The summed E-state index contributed by atoms with van der Waals surface area (Å²) in [7, 11) is 0. The molecule has 0 fully saturated rings. The fraction of sp³-hybridized carbons (Fsp3) is 0.316. The fourth-order valence-corrected chi connectivity index (χ4v) is 2.72. The average Bonchev–Trinajstić information content (AvgIpc) is 3.22. The van der Waals surface area contributed by atoms with E-state index in [2.05, 4.69) is 20.4 Å². The number of hydrogen-bond acceptors (Lipinski definition) is 4. The predicted octanol–water partition coefficient (Wildman–Crippen LogP) is 3.99. The zero-order valence-electron chi connectivity index (χ0n) is 14.8. The van der Waals surface area contributed by atoms with Gasteiger partial charge in [0.1, 0.15) is 11.4 Å². The lowest BCUT2D eigenvalue weighted by Crippen LogP contribution is -2.28. The van der Waals surface area contributed by atoms with Crippen LogP contribution in [0, 0.1) is 6.92 Å². The number of nitrogens with zero attached hydrogens (tertiary/aromatic N) is 2. The van der Waals surface area contributed by atoms with E-state index < -0.39 is 0 Å². The van der Waals surface area contributed by atoms with Gasteiger partial charge in [0.2, 0.25) is 0 Å². The Morgan fingerprint density at radius 2 is 1.92 bits per heavy atom. The van der Waals surface area contributed by atoms with Gasteiger partial charge in [-0.25, -0.2) is 4.98 Å². The summed E-state index contributed by atoms with van der Waals surface area (Å²) in [6.45, 7) is 7.61. The van der Waals surface area contributed by atoms with Crippen molar-refractivity contribution in [3.05, 3.63) is 59.4 Å². The summed E-state index contributed by atoms with van der Waals surface area (Å²) in [4.78, 5) is 20.3. The molecule has 6 nitrogen and oxygen atoms in total. The lowest BCUT2D eigenvalue weighted by Gasteiger charge is -2.12. The monoisotopic (exact) mass is 338 g/mol. The highest BCUT2D eigenvalue weighted by atomic mass is 16.5. The number of aromatic nitrogens is 3. The molecule has 1 aromatic carbocycles. The Bertz CT molecular complexity index is 865. The van der Waals surface area contributed by atoms with Gasteiger partial charge in [-0.1, -0.05) is 49.3 Å². The van der Waals surface area contributed by atoms with Gasteiger partial charge in [-0.15, -0.1) is 0 Å². The molecule has 0 saturated carbocycles. The van der Waals surface area contributed by atoms with Gasteiger partial charge in [0.25, 0.3) is 5.91 Å². The van der Waals surface area contributed by atoms with Crippen molar-refractivity contribution in [2.45, 2.75) is 39.7 Å². The second-order valence-corrected chi connectivity index (χ2v) is 6.41. The quantitative estimate of drug-likeness (QED) is 0.737. The number of amides is 1. The smallest absolute Gasteiger partial charge is 0.257 e. The van der Waals surface area contributed by atoms with Crippen LogP contribution in [0.2, 0.25) is 0 Å². The van der Waals surface area contributed by atoms with E-state index in [1.165, 1.54) is 0 Å². The first-order chi connectivity index (χ1) is 12.0. The zero-order valence-corrected chi connectivity index (χ0v) is 14.8. The van der Waals surface area contributed by atoms with Gasteiger partial charge in [-0.2, -0.15) is 0 Å². The highest BCUT2D eigenvalue weighted by molar-refractivity contribution is 5.96. The van der Waals surface area contributed by atoms with Crippen molar-refractivity contribution in [3.63, 3.8) is 0 Å². The van der Waals surface area contributed by atoms with E-state index in [0.717, 1.165) is 11.3 Å². The van der Waals surface area contributed by atoms with Crippen LogP contribution in [0.15, 0.2) is 41.1 Å². The molecule has 0 aliphatic rings. The van der Waals surface area contributed by atoms with Crippen molar-refractivity contribution < 1.29 is 9.32 Å². The summed E-state index contributed by atoms with van der Waals surface area (Å²) < 4.78 is 5.29. The van der Waals surface area contributed by atoms with Gasteiger partial charge in [-0.05, 0) is 19.4 Å². The molecule has 2 aromatic heterocycles. The third-order valence-electron chi connectivity index (χ3n) is 4.08. The molecule has 2 N–H and O–H groups in total. The van der Waals surface area contributed by atoms with Crippen LogP contribution in [0.5, 0.6) is 0 Å². The van der Waals surface area contributed by atoms with Gasteiger partial charge in [0.15, 0.2) is 5.76 Å². The minimum atomic E-state index is -0.265. The molecule has 6 heteroatoms. The van der Waals surface area contributed by atoms with Gasteiger partial charge >= 0.3 is 0 Å². The molecule has 130 valence electrons. The molecule has 0 aliphatic carbocycles. The molecule has 3 aromatic rings. The number of H-pyrrole nitrogens is 1. The second kappa shape index (κ2) is 6.93. The number of aryl methyl sites for hydroxylation is 1. The molecule has 2 heterocycles. The molecule has 0 unspecified atom stereocenters. The first-order valence-corrected chi connectivity index (χ1v) is 8.34. The third kappa shape index (κ3) is 3.47. The summed E-state index contributed by atoms with van der Waals surface area (Å²) in [5.74, 6) is 1.19. The number of benzene rings is 1. The topological polar surface area (TPSA) is 83.8 Å². The molecule has 0 saturated heterocycles. The molecule has 0 bridgehead atoms. The molecular formula is C19H22N4O2. The minimum Gasteiger partial charge on any atom is -0.360 e. The van der Waals surface area contributed by atoms with E-state index in [9.17, 15) is 4.79 Å². The van der Waals surface area contributed by atoms with Crippen LogP contribution in [0.3, 0.4) is 0 Å². The molecule has 25 heavy (non-hydrogen) atoms. The number of aromatic amines is 1. The molecule has 1 amide bonds. The molecule has 0 aliphatic heterocycles. The Balaban J connectivity index is 1.77. The number of hydrogen-bond donors (Lipinski definition) is 2. The normalized spacial score (nSPS) is 12.4. The third-order valence-corrected chi connectivity index (χ3v) is 4.08. The van der Waals surface area contributed by atoms with Crippen LogP contribution in [-0.4, -0.2) is 21.0 Å². The van der Waals surface area contributed by atoms with Gasteiger partial charge < -0.3 is 14.8 Å². The Kier molecular flexibility index (Phi) is 4.70. The van der Waals surface area contributed by atoms with Crippen LogP contribution < -0.4 is 5.32 Å². The maximum atomic E-state index is 12.7. The summed E-state index contributed by atoms with van der Waals surface area (Å²) >= 11 is 0. The number of carbonyl (C=O) groups excluding carboxylic acids is 1. The van der Waals surface area contributed by atoms with Crippen molar-refractivity contribution in [1.82, 2.24) is 20.4 Å². The van der Waals surface area contributed by atoms with Crippen LogP contribution >= 0.6 is 0 Å². The van der Waals surface area contributed by atoms with Crippen LogP contribution in [-0.2, 0) is 0 Å². The summed E-state index contributed by atoms with van der Waals surface area (Å²) in [5, 5.41) is 6.89. The van der Waals surface area contributed by atoms with Crippen molar-refractivity contribution in [1.29, 1.82) is 0 Å². The maximum absolute atomic E-state index is 12.7. The van der Waals surface area contributed by atoms with Crippen LogP contribution in [0.1, 0.15) is 60.4 Å². The van der Waals surface area contributed by atoms with Gasteiger partial charge in [0, 0.05) is 5.92 Å². The Hall–Kier alpha value is -2.89. The van der Waals surface area contributed by atoms with E-state index in [-0.39, 0.29) is 17.9 Å². The largest absolute Gasteiger partial charge is 0.360 e. The number of carbonyl (C=O) groups is 1. The highest BCUT2D eigenvalue weighted by Crippen LogP contribution is 2.23. The van der Waals surface area contributed by atoms with Gasteiger partial charge in [-0.3, -0.25) is 4.79 Å². The molecule has 1 atom stereocenters. The molecule has 0 radical (unpaired) electrons. The summed E-state index contributed by atoms with van der Waals surface area (Å²) in [6, 6.07) is 9.68. The Morgan fingerprint density at radius 1 is 1.20 bits per heavy atom. The SMILES string of the molecule is Cc1noc(C(C)C)c1C(=O)N[C@@H](C)c1ncc(-c2ccccc2)[nH]1. The van der Waals surface area contributed by atoms with E-state index in [0.29, 0.717) is 22.8 Å². The standard InChI is InChI=1S/C19H22N4O2/c1-11(2)17-16(12(3)23-25-17)19(24)21-13(4)18-20-10-15(22-18)14-8-6-5-7-9-14/h5-11,13H,1-4H3,(H,20,22)(H,21,24)/t13-/m0/s1. The first kappa shape index (κ1) is 17.0. The van der Waals surface area contributed by atoms with E-state index in [1.807, 2.05) is 51.1 Å². The number of nitrogens with one attached hydrogen (secondary N) is 2. The second-order valence-electron chi connectivity index (χ2n) is 6.41. The Morgan fingerprint density at radius 3 is 2.60 bits per heavy atom. The predicted molar refractivity (Wildman–Crippen MR) is 95.2 cm³/mol. The first-order valence-electron chi connectivity index (χ1n) is 8.34. The molecular weight excluding hydrogens is 316 g/mol. The number of rotatable bonds is 5. The minimum absolute atomic E-state index is 0.0885. The van der Waals surface area contributed by atoms with E-state index >= 15 is 0 Å². The van der Waals surface area contributed by atoms with Crippen molar-refractivity contribution >= 4 is 5.91 Å². The average molecular weight is 338 g/mol. The van der Waals surface area contributed by atoms with Crippen molar-refractivity contribution in [2.75, 3.05) is 0 Å².